The summed E-state index contributed by atoms with van der Waals surface area (Å²) in [4.78, 5) is 36.2. The molecule has 1 saturated heterocycles. The highest BCUT2D eigenvalue weighted by Gasteiger charge is 2.44. The fourth-order valence-corrected chi connectivity index (χ4v) is 6.09. The molecule has 1 aliphatic heterocycles. The molecule has 8 nitrogen and oxygen atoms in total. The quantitative estimate of drug-likeness (QED) is 0.334. The van der Waals surface area contributed by atoms with Gasteiger partial charge in [-0.2, -0.15) is 5.26 Å². The van der Waals surface area contributed by atoms with Gasteiger partial charge in [0.05, 0.1) is 6.54 Å². The number of benzene rings is 2. The van der Waals surface area contributed by atoms with E-state index in [1.165, 1.54) is 11.3 Å². The highest BCUT2D eigenvalue weighted by molar-refractivity contribution is 6.04. The molecule has 0 spiro atoms. The van der Waals surface area contributed by atoms with Crippen LogP contribution in [0.3, 0.4) is 0 Å². The lowest BCUT2D eigenvalue weighted by molar-refractivity contribution is -0.128. The molecule has 0 radical (unpaired) electrons. The third-order valence-corrected chi connectivity index (χ3v) is 8.43. The number of anilines is 1. The van der Waals surface area contributed by atoms with Crippen LogP contribution in [0, 0.1) is 11.5 Å². The summed E-state index contributed by atoms with van der Waals surface area (Å²) in [6, 6.07) is 19.2. The number of hydrogen-bond donors (Lipinski definition) is 1. The maximum absolute atomic E-state index is 14.7. The molecule has 8 heteroatoms. The molecular formula is C35H41N5O3. The number of nitrogens with zero attached hydrogens (tertiary/aromatic N) is 4. The summed E-state index contributed by atoms with van der Waals surface area (Å²) >= 11 is 0. The number of ether oxygens (including phenoxy) is 1. The first-order valence-electron chi connectivity index (χ1n) is 15.3. The van der Waals surface area contributed by atoms with Gasteiger partial charge in [-0.05, 0) is 54.2 Å². The van der Waals surface area contributed by atoms with E-state index in [1.54, 1.807) is 23.4 Å². The Morgan fingerprint density at radius 2 is 1.74 bits per heavy atom. The summed E-state index contributed by atoms with van der Waals surface area (Å²) in [6.45, 7) is 6.69. The van der Waals surface area contributed by atoms with E-state index < -0.39 is 12.1 Å². The number of hydrogen-bond acceptors (Lipinski definition) is 6. The number of carbonyl (C=O) groups excluding carboxylic acids is 2. The van der Waals surface area contributed by atoms with E-state index in [2.05, 4.69) is 37.3 Å². The molecule has 3 atom stereocenters. The van der Waals surface area contributed by atoms with Crippen molar-refractivity contribution < 1.29 is 14.3 Å². The molecule has 43 heavy (non-hydrogen) atoms. The fourth-order valence-electron chi connectivity index (χ4n) is 6.09. The van der Waals surface area contributed by atoms with Crippen LogP contribution in [0.4, 0.5) is 5.69 Å². The second-order valence-electron chi connectivity index (χ2n) is 12.6. The Bertz CT molecular complexity index is 1410. The minimum atomic E-state index is -0.960. The lowest BCUT2D eigenvalue weighted by Crippen LogP contribution is -2.51. The number of carbonyl (C=O) groups is 2. The highest BCUT2D eigenvalue weighted by atomic mass is 16.5. The lowest BCUT2D eigenvalue weighted by Gasteiger charge is -2.35. The molecule has 3 aromatic rings. The average molecular weight is 580 g/mol. The van der Waals surface area contributed by atoms with E-state index in [1.807, 2.05) is 60.7 Å². The first kappa shape index (κ1) is 30.1. The van der Waals surface area contributed by atoms with Gasteiger partial charge in [0.25, 0.3) is 5.91 Å². The topological polar surface area (TPSA) is 98.6 Å². The first-order chi connectivity index (χ1) is 20.7. The van der Waals surface area contributed by atoms with E-state index in [9.17, 15) is 14.9 Å². The molecule has 1 saturated carbocycles. The van der Waals surface area contributed by atoms with Crippen LogP contribution in [0.15, 0.2) is 79.1 Å². The van der Waals surface area contributed by atoms with Gasteiger partial charge in [0.15, 0.2) is 6.19 Å². The summed E-state index contributed by atoms with van der Waals surface area (Å²) in [7, 11) is 0. The highest BCUT2D eigenvalue weighted by Crippen LogP contribution is 2.34. The Kier molecular flexibility index (Phi) is 9.30. The number of para-hydroxylation sites is 1. The van der Waals surface area contributed by atoms with Crippen LogP contribution in [0.1, 0.15) is 76.5 Å². The Hall–Kier alpha value is -4.38. The van der Waals surface area contributed by atoms with Gasteiger partial charge >= 0.3 is 0 Å². The summed E-state index contributed by atoms with van der Waals surface area (Å²) in [5.74, 6) is 0.122. The first-order valence-corrected chi connectivity index (χ1v) is 15.3. The van der Waals surface area contributed by atoms with Crippen molar-refractivity contribution in [2.75, 3.05) is 11.4 Å². The largest absolute Gasteiger partial charge is 0.488 e. The van der Waals surface area contributed by atoms with E-state index in [0.29, 0.717) is 23.4 Å². The van der Waals surface area contributed by atoms with E-state index in [0.717, 1.165) is 31.2 Å². The van der Waals surface area contributed by atoms with Crippen molar-refractivity contribution in [3.63, 3.8) is 0 Å². The van der Waals surface area contributed by atoms with Crippen LogP contribution in [0.25, 0.3) is 0 Å². The molecule has 1 aromatic heterocycles. The lowest BCUT2D eigenvalue weighted by atomic mass is 9.87. The Morgan fingerprint density at radius 1 is 1.02 bits per heavy atom. The van der Waals surface area contributed by atoms with Crippen molar-refractivity contribution in [1.82, 2.24) is 15.2 Å². The molecule has 2 heterocycles. The molecule has 224 valence electrons. The predicted molar refractivity (Wildman–Crippen MR) is 166 cm³/mol. The molecular weight excluding hydrogens is 538 g/mol. The van der Waals surface area contributed by atoms with Crippen molar-refractivity contribution in [3.8, 4) is 11.9 Å². The van der Waals surface area contributed by atoms with Crippen LogP contribution in [0.5, 0.6) is 5.75 Å². The number of nitriles is 1. The van der Waals surface area contributed by atoms with Gasteiger partial charge in [0.2, 0.25) is 5.91 Å². The summed E-state index contributed by atoms with van der Waals surface area (Å²) in [6.07, 6.45) is 10.6. The smallest absolute Gasteiger partial charge is 0.251 e. The third kappa shape index (κ3) is 7.16. The number of pyridine rings is 1. The maximum atomic E-state index is 14.7. The number of aromatic nitrogens is 1. The van der Waals surface area contributed by atoms with Crippen molar-refractivity contribution in [3.05, 3.63) is 90.3 Å². The van der Waals surface area contributed by atoms with Gasteiger partial charge in [0.1, 0.15) is 23.9 Å². The molecule has 0 bridgehead atoms. The maximum Gasteiger partial charge on any atom is 0.251 e. The fraction of sp³-hybridized carbons (Fsp3) is 0.429. The zero-order chi connectivity index (χ0) is 30.4. The van der Waals surface area contributed by atoms with E-state index in [-0.39, 0.29) is 35.9 Å². The number of amides is 2. The van der Waals surface area contributed by atoms with Crippen LogP contribution in [-0.4, -0.2) is 46.4 Å². The second-order valence-corrected chi connectivity index (χ2v) is 12.6. The van der Waals surface area contributed by atoms with Crippen LogP contribution in [-0.2, 0) is 15.0 Å². The summed E-state index contributed by atoms with van der Waals surface area (Å²) in [5.41, 5.74) is 2.24. The van der Waals surface area contributed by atoms with Gasteiger partial charge in [-0.1, -0.05) is 76.4 Å². The van der Waals surface area contributed by atoms with Crippen molar-refractivity contribution in [1.29, 1.82) is 5.26 Å². The Morgan fingerprint density at radius 3 is 2.37 bits per heavy atom. The van der Waals surface area contributed by atoms with Gasteiger partial charge in [-0.15, -0.1) is 0 Å². The SMILES string of the molecule is CC(C)(C)c1ccc(N(C(=O)C2CC(Oc3ccccc3)CN2C#N)C(C(=O)NC2CCCCC2)c2cccnc2)cc1. The van der Waals surface area contributed by atoms with Gasteiger partial charge in [0, 0.05) is 36.1 Å². The van der Waals surface area contributed by atoms with E-state index >= 15 is 0 Å². The molecule has 1 aliphatic carbocycles. The van der Waals surface area contributed by atoms with Crippen LogP contribution in [0.2, 0.25) is 0 Å². The van der Waals surface area contributed by atoms with Crippen LogP contribution >= 0.6 is 0 Å². The average Bonchev–Trinajstić information content (AvgIpc) is 3.43. The third-order valence-electron chi connectivity index (χ3n) is 8.43. The Balaban J connectivity index is 1.53. The van der Waals surface area contributed by atoms with E-state index in [4.69, 9.17) is 4.74 Å². The van der Waals surface area contributed by atoms with Crippen molar-refractivity contribution >= 4 is 17.5 Å². The standard InChI is InChI=1S/C35H41N5O3/c1-35(2,3)26-16-18-28(19-17-26)40(32(25-11-10-20-37-22-25)33(41)38-27-12-6-4-7-13-27)34(42)31-21-30(23-39(31)24-36)43-29-14-8-5-9-15-29/h5,8-11,14-20,22,27,30-32H,4,6-7,12-13,21,23H2,1-3H3,(H,38,41). The monoisotopic (exact) mass is 579 g/mol. The van der Waals surface area contributed by atoms with Crippen molar-refractivity contribution in [2.24, 2.45) is 0 Å². The summed E-state index contributed by atoms with van der Waals surface area (Å²) < 4.78 is 6.17. The molecule has 1 N–H and O–H groups in total. The minimum Gasteiger partial charge on any atom is -0.488 e. The van der Waals surface area contributed by atoms with Gasteiger partial charge in [-0.25, -0.2) is 0 Å². The normalized spacial score (nSPS) is 19.7. The number of rotatable bonds is 8. The molecule has 2 amide bonds. The summed E-state index contributed by atoms with van der Waals surface area (Å²) in [5, 5.41) is 13.3. The Labute approximate surface area is 254 Å². The zero-order valence-electron chi connectivity index (χ0n) is 25.3. The van der Waals surface area contributed by atoms with Gasteiger partial charge < -0.3 is 10.1 Å². The number of likely N-dealkylation sites (tertiary alicyclic amines) is 1. The second kappa shape index (κ2) is 13.3. The minimum absolute atomic E-state index is 0.0615. The van der Waals surface area contributed by atoms with Gasteiger partial charge in [-0.3, -0.25) is 24.4 Å². The predicted octanol–water partition coefficient (Wildman–Crippen LogP) is 5.91. The molecule has 2 aliphatic rings. The molecule has 5 rings (SSSR count). The molecule has 2 aromatic carbocycles. The number of nitrogens with one attached hydrogen (secondary N) is 1. The molecule has 2 fully saturated rings. The van der Waals surface area contributed by atoms with Crippen LogP contribution < -0.4 is 15.0 Å². The molecule has 3 unspecified atom stereocenters. The zero-order valence-corrected chi connectivity index (χ0v) is 25.3. The van der Waals surface area contributed by atoms with Crippen molar-refractivity contribution in [2.45, 2.75) is 88.9 Å².